The van der Waals surface area contributed by atoms with Crippen molar-refractivity contribution in [1.82, 2.24) is 14.5 Å². The van der Waals surface area contributed by atoms with Crippen LogP contribution in [0.25, 0.3) is 11.0 Å². The van der Waals surface area contributed by atoms with Gasteiger partial charge in [0.05, 0.1) is 35.4 Å². The summed E-state index contributed by atoms with van der Waals surface area (Å²) in [7, 11) is 0. The summed E-state index contributed by atoms with van der Waals surface area (Å²) < 4.78 is 14.3. The second-order valence-corrected chi connectivity index (χ2v) is 6.00. The molecule has 0 N–H and O–H groups in total. The van der Waals surface area contributed by atoms with Gasteiger partial charge in [-0.25, -0.2) is 4.98 Å². The molecular formula is C16H11BrN4O2. The maximum absolute atomic E-state index is 8.94. The average molecular weight is 371 g/mol. The largest absolute Gasteiger partial charge is 0.488 e. The molecule has 0 amide bonds. The Morgan fingerprint density at radius 1 is 1.39 bits per heavy atom. The van der Waals surface area contributed by atoms with Crippen molar-refractivity contribution in [3.05, 3.63) is 46.7 Å². The molecule has 0 saturated carbocycles. The lowest BCUT2D eigenvalue weighted by molar-refractivity contribution is 0.143. The predicted molar refractivity (Wildman–Crippen MR) is 86.3 cm³/mol. The van der Waals surface area contributed by atoms with Crippen LogP contribution in [0.4, 0.5) is 0 Å². The van der Waals surface area contributed by atoms with E-state index in [0.29, 0.717) is 30.5 Å². The van der Waals surface area contributed by atoms with E-state index in [1.54, 1.807) is 18.3 Å². The Balaban J connectivity index is 1.48. The maximum atomic E-state index is 8.94. The highest BCUT2D eigenvalue weighted by Gasteiger charge is 2.27. The van der Waals surface area contributed by atoms with Gasteiger partial charge in [-0.3, -0.25) is 4.57 Å². The first kappa shape index (κ1) is 14.0. The van der Waals surface area contributed by atoms with Gasteiger partial charge in [-0.1, -0.05) is 0 Å². The van der Waals surface area contributed by atoms with Gasteiger partial charge in [-0.15, -0.1) is 0 Å². The van der Waals surface area contributed by atoms with E-state index < -0.39 is 0 Å². The Labute approximate surface area is 140 Å². The van der Waals surface area contributed by atoms with E-state index in [2.05, 4.69) is 32.0 Å². The van der Waals surface area contributed by atoms with Gasteiger partial charge in [-0.2, -0.15) is 10.2 Å². The topological polar surface area (TPSA) is 73.0 Å². The molecule has 0 unspecified atom stereocenters. The lowest BCUT2D eigenvalue weighted by Crippen LogP contribution is -2.23. The molecule has 0 aliphatic carbocycles. The molecule has 0 saturated heterocycles. The number of ether oxygens (including phenoxy) is 2. The molecule has 0 bridgehead atoms. The Morgan fingerprint density at radius 2 is 2.30 bits per heavy atom. The first-order chi connectivity index (χ1) is 11.2. The molecule has 23 heavy (non-hydrogen) atoms. The lowest BCUT2D eigenvalue weighted by atomic mass is 10.2. The van der Waals surface area contributed by atoms with Crippen LogP contribution in [0.3, 0.4) is 0 Å². The van der Waals surface area contributed by atoms with E-state index >= 15 is 0 Å². The number of nitriles is 1. The summed E-state index contributed by atoms with van der Waals surface area (Å²) in [5, 5.41) is 8.94. The van der Waals surface area contributed by atoms with Gasteiger partial charge >= 0.3 is 0 Å². The summed E-state index contributed by atoms with van der Waals surface area (Å²) >= 11 is 3.29. The molecule has 6 nitrogen and oxygen atoms in total. The van der Waals surface area contributed by atoms with Crippen LogP contribution in [-0.2, 0) is 6.54 Å². The number of pyridine rings is 1. The summed E-state index contributed by atoms with van der Waals surface area (Å²) in [5.41, 5.74) is 2.33. The van der Waals surface area contributed by atoms with E-state index in [9.17, 15) is 0 Å². The zero-order valence-corrected chi connectivity index (χ0v) is 13.5. The summed E-state index contributed by atoms with van der Waals surface area (Å²) in [5.74, 6) is 0.699. The fraction of sp³-hybridized carbons (Fsp3) is 0.188. The quantitative estimate of drug-likeness (QED) is 0.662. The van der Waals surface area contributed by atoms with Gasteiger partial charge in [0, 0.05) is 0 Å². The molecule has 1 atom stereocenters. The Morgan fingerprint density at radius 3 is 3.09 bits per heavy atom. The molecular weight excluding hydrogens is 360 g/mol. The van der Waals surface area contributed by atoms with Crippen LogP contribution in [0, 0.1) is 11.3 Å². The van der Waals surface area contributed by atoms with Crippen LogP contribution >= 0.6 is 15.9 Å². The van der Waals surface area contributed by atoms with Crippen molar-refractivity contribution < 1.29 is 9.47 Å². The summed E-state index contributed by atoms with van der Waals surface area (Å²) in [6, 6.07) is 11.8. The number of imidazole rings is 1. The number of nitrogens with zero attached hydrogens (tertiary/aromatic N) is 4. The highest BCUT2D eigenvalue weighted by atomic mass is 79.9. The highest BCUT2D eigenvalue weighted by molar-refractivity contribution is 9.10. The van der Waals surface area contributed by atoms with Gasteiger partial charge < -0.3 is 9.47 Å². The minimum absolute atomic E-state index is 0.0961. The first-order valence-corrected chi connectivity index (χ1v) is 7.83. The fourth-order valence-corrected chi connectivity index (χ4v) is 2.79. The molecule has 1 aliphatic heterocycles. The summed E-state index contributed by atoms with van der Waals surface area (Å²) in [4.78, 5) is 8.55. The minimum atomic E-state index is -0.0961. The third kappa shape index (κ3) is 2.62. The minimum Gasteiger partial charge on any atom is -0.488 e. The van der Waals surface area contributed by atoms with Gasteiger partial charge in [0.25, 0.3) is 6.01 Å². The number of fused-ring (bicyclic) bond motifs is 3. The Hall–Kier alpha value is -2.59. The second-order valence-electron chi connectivity index (χ2n) is 5.19. The van der Waals surface area contributed by atoms with Crippen LogP contribution in [0.2, 0.25) is 0 Å². The molecule has 4 rings (SSSR count). The van der Waals surface area contributed by atoms with E-state index in [1.807, 2.05) is 22.8 Å². The van der Waals surface area contributed by atoms with E-state index in [0.717, 1.165) is 15.6 Å². The smallest absolute Gasteiger partial charge is 0.297 e. The maximum Gasteiger partial charge on any atom is 0.297 e. The van der Waals surface area contributed by atoms with E-state index in [4.69, 9.17) is 14.7 Å². The number of hydrogen-bond donors (Lipinski definition) is 0. The predicted octanol–water partition coefficient (Wildman–Crippen LogP) is 2.91. The SMILES string of the molecule is N#Cc1ccc2c(c1)nc1n2C[C@@H](COc2ccc(Br)nc2)O1. The Kier molecular flexibility index (Phi) is 3.39. The molecule has 7 heteroatoms. The second kappa shape index (κ2) is 5.56. The van der Waals surface area contributed by atoms with Crippen LogP contribution in [0.5, 0.6) is 11.8 Å². The van der Waals surface area contributed by atoms with Gasteiger partial charge in [0.1, 0.15) is 17.0 Å². The van der Waals surface area contributed by atoms with Crippen molar-refractivity contribution in [3.63, 3.8) is 0 Å². The molecule has 0 spiro atoms. The zero-order valence-electron chi connectivity index (χ0n) is 11.9. The molecule has 3 aromatic rings. The van der Waals surface area contributed by atoms with E-state index in [1.165, 1.54) is 0 Å². The number of halogens is 1. The number of rotatable bonds is 3. The molecule has 1 aliphatic rings. The van der Waals surface area contributed by atoms with Crippen molar-refractivity contribution in [2.75, 3.05) is 6.61 Å². The average Bonchev–Trinajstić information content (AvgIpc) is 3.10. The molecule has 0 fully saturated rings. The third-order valence-corrected chi connectivity index (χ3v) is 4.11. The lowest BCUT2D eigenvalue weighted by Gasteiger charge is -2.11. The first-order valence-electron chi connectivity index (χ1n) is 7.04. The van der Waals surface area contributed by atoms with Crippen molar-refractivity contribution in [1.29, 1.82) is 5.26 Å². The summed E-state index contributed by atoms with van der Waals surface area (Å²) in [6.45, 7) is 1.09. The fourth-order valence-electron chi connectivity index (χ4n) is 2.56. The molecule has 2 aromatic heterocycles. The van der Waals surface area contributed by atoms with Gasteiger partial charge in [0.15, 0.2) is 6.10 Å². The molecule has 3 heterocycles. The standard InChI is InChI=1S/C16H11BrN4O2/c17-15-4-2-11(7-19-15)22-9-12-8-21-14-3-1-10(6-18)5-13(14)20-16(21)23-12/h1-5,7,12H,8-9H2/t12-/m0/s1. The van der Waals surface area contributed by atoms with Gasteiger partial charge in [-0.05, 0) is 46.3 Å². The Bertz CT molecular complexity index is 914. The van der Waals surface area contributed by atoms with Crippen LogP contribution < -0.4 is 9.47 Å². The van der Waals surface area contributed by atoms with Crippen molar-refractivity contribution in [3.8, 4) is 17.8 Å². The highest BCUT2D eigenvalue weighted by Crippen LogP contribution is 2.28. The van der Waals surface area contributed by atoms with Crippen molar-refractivity contribution in [2.24, 2.45) is 0 Å². The van der Waals surface area contributed by atoms with Crippen molar-refractivity contribution >= 4 is 27.0 Å². The van der Waals surface area contributed by atoms with Crippen molar-refractivity contribution in [2.45, 2.75) is 12.6 Å². The monoisotopic (exact) mass is 370 g/mol. The zero-order chi connectivity index (χ0) is 15.8. The van der Waals surface area contributed by atoms with Crippen LogP contribution in [0.15, 0.2) is 41.1 Å². The van der Waals surface area contributed by atoms with E-state index in [-0.39, 0.29) is 6.10 Å². The number of hydrogen-bond acceptors (Lipinski definition) is 5. The number of aromatic nitrogens is 3. The van der Waals surface area contributed by atoms with Crippen LogP contribution in [0.1, 0.15) is 5.56 Å². The molecule has 0 radical (unpaired) electrons. The normalized spacial score (nSPS) is 15.9. The molecule has 1 aromatic carbocycles. The molecule has 114 valence electrons. The summed E-state index contributed by atoms with van der Waals surface area (Å²) in [6.07, 6.45) is 1.57. The third-order valence-electron chi connectivity index (χ3n) is 3.64. The number of benzene rings is 1. The van der Waals surface area contributed by atoms with Crippen LogP contribution in [-0.4, -0.2) is 27.2 Å². The van der Waals surface area contributed by atoms with Gasteiger partial charge in [0.2, 0.25) is 0 Å².